The molecule has 0 unspecified atom stereocenters. The van der Waals surface area contributed by atoms with E-state index in [-0.39, 0.29) is 35.3 Å². The molecule has 2 rings (SSSR count). The third-order valence-electron chi connectivity index (χ3n) is 4.86. The average Bonchev–Trinajstić information content (AvgIpc) is 2.77. The van der Waals surface area contributed by atoms with Crippen molar-refractivity contribution in [3.63, 3.8) is 0 Å². The molecule has 140 valence electrons. The summed E-state index contributed by atoms with van der Waals surface area (Å²) in [6.07, 6.45) is 0.900. The second-order valence-corrected chi connectivity index (χ2v) is 13.8. The van der Waals surface area contributed by atoms with Crippen molar-refractivity contribution >= 4 is 31.5 Å². The number of benzene rings is 1. The third-order valence-corrected chi connectivity index (χ3v) is 10.7. The topological polar surface area (TPSA) is 69.4 Å². The smallest absolute Gasteiger partial charge is 0.269 e. The molecule has 0 amide bonds. The van der Waals surface area contributed by atoms with E-state index in [9.17, 15) is 14.9 Å². The Morgan fingerprint density at radius 3 is 2.24 bits per heavy atom. The number of carbonyl (C=O) groups excluding carboxylic acids is 1. The minimum Gasteiger partial charge on any atom is -0.412 e. The molecule has 2 atom stereocenters. The van der Waals surface area contributed by atoms with Crippen LogP contribution in [0.4, 0.5) is 5.69 Å². The molecule has 1 aliphatic rings. The quantitative estimate of drug-likeness (QED) is 0.384. The van der Waals surface area contributed by atoms with E-state index in [1.807, 2.05) is 0 Å². The molecule has 0 aromatic heterocycles. The van der Waals surface area contributed by atoms with Crippen LogP contribution in [0.5, 0.6) is 0 Å². The van der Waals surface area contributed by atoms with E-state index in [0.717, 1.165) is 4.90 Å². The van der Waals surface area contributed by atoms with Gasteiger partial charge in [-0.2, -0.15) is 0 Å². The lowest BCUT2D eigenvalue weighted by Crippen LogP contribution is -2.45. The van der Waals surface area contributed by atoms with E-state index in [1.165, 1.54) is 12.1 Å². The van der Waals surface area contributed by atoms with Crippen LogP contribution in [-0.2, 0) is 9.22 Å². The van der Waals surface area contributed by atoms with Gasteiger partial charge in [-0.25, -0.2) is 0 Å². The summed E-state index contributed by atoms with van der Waals surface area (Å²) in [6.45, 7) is 11.0. The SMILES string of the molecule is C.CC(C)(C)[Si](C)(C)O[C@H]1CC(=O)C[C@@H]1Sc1ccc([N+](=O)[O-])cc1. The molecule has 0 bridgehead atoms. The van der Waals surface area contributed by atoms with Crippen molar-refractivity contribution in [1.29, 1.82) is 0 Å². The number of rotatable bonds is 5. The minimum absolute atomic E-state index is 0. The van der Waals surface area contributed by atoms with Crippen LogP contribution in [0.1, 0.15) is 41.0 Å². The summed E-state index contributed by atoms with van der Waals surface area (Å²) in [6, 6.07) is 6.50. The lowest BCUT2D eigenvalue weighted by Gasteiger charge is -2.39. The number of ketones is 1. The molecule has 1 aromatic rings. The van der Waals surface area contributed by atoms with Crippen LogP contribution in [0, 0.1) is 10.1 Å². The molecule has 1 aromatic carbocycles. The molecule has 0 radical (unpaired) electrons. The number of nitrogens with zero attached hydrogens (tertiary/aromatic N) is 1. The maximum Gasteiger partial charge on any atom is 0.269 e. The van der Waals surface area contributed by atoms with E-state index in [1.54, 1.807) is 23.9 Å². The summed E-state index contributed by atoms with van der Waals surface area (Å²) in [7, 11) is -1.94. The van der Waals surface area contributed by atoms with Crippen molar-refractivity contribution in [2.24, 2.45) is 0 Å². The van der Waals surface area contributed by atoms with Gasteiger partial charge < -0.3 is 4.43 Å². The highest BCUT2D eigenvalue weighted by Gasteiger charge is 2.44. The van der Waals surface area contributed by atoms with Gasteiger partial charge >= 0.3 is 0 Å². The summed E-state index contributed by atoms with van der Waals surface area (Å²) in [5, 5.41) is 10.9. The maximum absolute atomic E-state index is 12.0. The monoisotopic (exact) mass is 383 g/mol. The molecular formula is C18H29NO4SSi. The lowest BCUT2D eigenvalue weighted by molar-refractivity contribution is -0.384. The van der Waals surface area contributed by atoms with Gasteiger partial charge in [-0.05, 0) is 30.3 Å². The van der Waals surface area contributed by atoms with Crippen LogP contribution in [0.3, 0.4) is 0 Å². The number of thioether (sulfide) groups is 1. The zero-order chi connectivity index (χ0) is 18.1. The van der Waals surface area contributed by atoms with E-state index in [0.29, 0.717) is 12.8 Å². The fourth-order valence-electron chi connectivity index (χ4n) is 2.41. The maximum atomic E-state index is 12.0. The zero-order valence-corrected chi connectivity index (χ0v) is 16.7. The number of carbonyl (C=O) groups is 1. The highest BCUT2D eigenvalue weighted by atomic mass is 32.2. The largest absolute Gasteiger partial charge is 0.412 e. The Kier molecular flexibility index (Phi) is 7.01. The van der Waals surface area contributed by atoms with Gasteiger partial charge in [0, 0.05) is 35.1 Å². The highest BCUT2D eigenvalue weighted by molar-refractivity contribution is 8.00. The standard InChI is InChI=1S/C17H25NO4SSi.CH4/c1-17(2,3)24(4,5)22-15-10-13(19)11-16(15)23-14-8-6-12(7-9-14)18(20)21;/h6-9,15-16H,10-11H2,1-5H3;1H4/t15-,16-;/m0./s1. The van der Waals surface area contributed by atoms with Crippen LogP contribution in [0.15, 0.2) is 29.2 Å². The molecule has 5 nitrogen and oxygen atoms in total. The Morgan fingerprint density at radius 1 is 1.20 bits per heavy atom. The third kappa shape index (κ3) is 5.39. The Bertz CT molecular complexity index is 625. The Morgan fingerprint density at radius 2 is 1.76 bits per heavy atom. The van der Waals surface area contributed by atoms with Gasteiger partial charge in [-0.3, -0.25) is 14.9 Å². The molecule has 25 heavy (non-hydrogen) atoms. The summed E-state index contributed by atoms with van der Waals surface area (Å²) in [4.78, 5) is 23.2. The van der Waals surface area contributed by atoms with Crippen LogP contribution in [0.25, 0.3) is 0 Å². The van der Waals surface area contributed by atoms with E-state index in [4.69, 9.17) is 4.43 Å². The van der Waals surface area contributed by atoms with Crippen LogP contribution in [-0.4, -0.2) is 30.4 Å². The lowest BCUT2D eigenvalue weighted by atomic mass is 10.2. The van der Waals surface area contributed by atoms with Gasteiger partial charge in [-0.1, -0.05) is 28.2 Å². The molecular weight excluding hydrogens is 354 g/mol. The first kappa shape index (κ1) is 21.9. The molecule has 1 saturated carbocycles. The Labute approximate surface area is 155 Å². The van der Waals surface area contributed by atoms with Crippen molar-refractivity contribution in [3.05, 3.63) is 34.4 Å². The fraction of sp³-hybridized carbons (Fsp3) is 0.611. The number of nitro benzene ring substituents is 1. The molecule has 1 fully saturated rings. The number of non-ortho nitro benzene ring substituents is 1. The fourth-order valence-corrected chi connectivity index (χ4v) is 5.08. The van der Waals surface area contributed by atoms with Gasteiger partial charge in [0.05, 0.1) is 11.0 Å². The van der Waals surface area contributed by atoms with Crippen LogP contribution >= 0.6 is 11.8 Å². The molecule has 0 heterocycles. The first-order chi connectivity index (χ1) is 11.0. The zero-order valence-electron chi connectivity index (χ0n) is 14.9. The summed E-state index contributed by atoms with van der Waals surface area (Å²) in [5.74, 6) is 0.234. The molecule has 7 heteroatoms. The average molecular weight is 384 g/mol. The molecule has 0 N–H and O–H groups in total. The normalized spacial score (nSPS) is 21.1. The number of Topliss-reactive ketones (excluding diaryl/α,β-unsaturated/α-hetero) is 1. The van der Waals surface area contributed by atoms with Crippen molar-refractivity contribution in [3.8, 4) is 0 Å². The van der Waals surface area contributed by atoms with Gasteiger partial charge in [0.15, 0.2) is 8.32 Å². The molecule has 0 saturated heterocycles. The minimum atomic E-state index is -1.94. The Hall–Kier alpha value is -1.18. The summed E-state index contributed by atoms with van der Waals surface area (Å²) >= 11 is 1.59. The predicted molar refractivity (Wildman–Crippen MR) is 106 cm³/mol. The van der Waals surface area contributed by atoms with E-state index in [2.05, 4.69) is 33.9 Å². The van der Waals surface area contributed by atoms with Gasteiger partial charge in [0.1, 0.15) is 5.78 Å². The number of nitro groups is 1. The van der Waals surface area contributed by atoms with Crippen molar-refractivity contribution in [1.82, 2.24) is 0 Å². The summed E-state index contributed by atoms with van der Waals surface area (Å²) in [5.41, 5.74) is 0.0796. The molecule has 0 spiro atoms. The van der Waals surface area contributed by atoms with Crippen molar-refractivity contribution in [2.75, 3.05) is 0 Å². The number of hydrogen-bond acceptors (Lipinski definition) is 5. The second-order valence-electron chi connectivity index (χ2n) is 7.77. The second kappa shape index (κ2) is 8.01. The predicted octanol–water partition coefficient (Wildman–Crippen LogP) is 5.44. The van der Waals surface area contributed by atoms with Crippen molar-refractivity contribution in [2.45, 2.75) is 75.4 Å². The van der Waals surface area contributed by atoms with Gasteiger partial charge in [0.2, 0.25) is 0 Å². The van der Waals surface area contributed by atoms with Gasteiger partial charge in [-0.15, -0.1) is 11.8 Å². The first-order valence-corrected chi connectivity index (χ1v) is 11.9. The van der Waals surface area contributed by atoms with Crippen molar-refractivity contribution < 1.29 is 14.1 Å². The first-order valence-electron chi connectivity index (χ1n) is 8.10. The number of hydrogen-bond donors (Lipinski definition) is 0. The summed E-state index contributed by atoms with van der Waals surface area (Å²) < 4.78 is 6.47. The van der Waals surface area contributed by atoms with E-state index >= 15 is 0 Å². The highest BCUT2D eigenvalue weighted by Crippen LogP contribution is 2.42. The molecule has 1 aliphatic carbocycles. The van der Waals surface area contributed by atoms with Gasteiger partial charge in [0.25, 0.3) is 5.69 Å². The van der Waals surface area contributed by atoms with E-state index < -0.39 is 13.2 Å². The Balaban J connectivity index is 0.00000312. The van der Waals surface area contributed by atoms with Crippen LogP contribution < -0.4 is 0 Å². The molecule has 0 aliphatic heterocycles. The van der Waals surface area contributed by atoms with Crippen LogP contribution in [0.2, 0.25) is 18.1 Å².